The molecule has 23 heavy (non-hydrogen) atoms. The van der Waals surface area contributed by atoms with Gasteiger partial charge in [0.1, 0.15) is 4.91 Å². The third-order valence-corrected chi connectivity index (χ3v) is 4.88. The normalized spacial score (nSPS) is 19.2. The third kappa shape index (κ3) is 3.94. The molecule has 0 bridgehead atoms. The summed E-state index contributed by atoms with van der Waals surface area (Å²) < 4.78 is 73.5. The predicted octanol–water partition coefficient (Wildman–Crippen LogP) is 2.97. The van der Waals surface area contributed by atoms with Crippen molar-refractivity contribution in [1.82, 2.24) is 4.90 Å². The summed E-state index contributed by atoms with van der Waals surface area (Å²) in [6.45, 7) is 0.253. The van der Waals surface area contributed by atoms with E-state index in [0.29, 0.717) is 0 Å². The Morgan fingerprint density at radius 3 is 2.39 bits per heavy atom. The second-order valence-corrected chi connectivity index (χ2v) is 7.20. The van der Waals surface area contributed by atoms with Crippen LogP contribution >= 0.6 is 0 Å². The summed E-state index contributed by atoms with van der Waals surface area (Å²) in [5, 5.41) is 0. The molecule has 0 aliphatic heterocycles. The van der Waals surface area contributed by atoms with Crippen LogP contribution in [0.4, 0.5) is 13.2 Å². The van der Waals surface area contributed by atoms with Crippen LogP contribution in [0.25, 0.3) is 4.91 Å². The van der Waals surface area contributed by atoms with Crippen LogP contribution in [0.1, 0.15) is 17.5 Å². The predicted molar refractivity (Wildman–Crippen MR) is 81.3 cm³/mol. The first-order chi connectivity index (χ1) is 10.5. The van der Waals surface area contributed by atoms with Crippen LogP contribution in [0.5, 0.6) is 0 Å². The van der Waals surface area contributed by atoms with Crippen LogP contribution in [-0.2, 0) is 16.5 Å². The molecule has 0 saturated carbocycles. The van der Waals surface area contributed by atoms with Crippen molar-refractivity contribution in [2.75, 3.05) is 20.6 Å². The molecule has 0 spiro atoms. The number of nitrogens with zero attached hydrogens (tertiary/aromatic N) is 1. The molecule has 1 aliphatic carbocycles. The topological polar surface area (TPSA) is 57.6 Å². The van der Waals surface area contributed by atoms with Gasteiger partial charge in [0.25, 0.3) is 10.1 Å². The fourth-order valence-electron chi connectivity index (χ4n) is 2.84. The van der Waals surface area contributed by atoms with Gasteiger partial charge in [-0.25, -0.2) is 0 Å². The van der Waals surface area contributed by atoms with E-state index < -0.39 is 27.1 Å². The van der Waals surface area contributed by atoms with E-state index in [2.05, 4.69) is 0 Å². The monoisotopic (exact) mass is 349 g/mol. The summed E-state index contributed by atoms with van der Waals surface area (Å²) in [5.74, 6) is -1.91. The first-order valence-corrected chi connectivity index (χ1v) is 8.46. The average molecular weight is 349 g/mol. The lowest BCUT2D eigenvalue weighted by atomic mass is 9.81. The van der Waals surface area contributed by atoms with E-state index in [-0.39, 0.29) is 36.1 Å². The lowest BCUT2D eigenvalue weighted by Gasteiger charge is -2.31. The van der Waals surface area contributed by atoms with E-state index in [1.165, 1.54) is 12.1 Å². The van der Waals surface area contributed by atoms with Crippen molar-refractivity contribution in [3.8, 4) is 0 Å². The summed E-state index contributed by atoms with van der Waals surface area (Å²) in [4.78, 5) is 1.08. The highest BCUT2D eigenvalue weighted by Gasteiger charge is 2.47. The van der Waals surface area contributed by atoms with Crippen LogP contribution in [-0.4, -0.2) is 44.7 Å². The number of alkyl halides is 3. The van der Waals surface area contributed by atoms with Crippen molar-refractivity contribution in [1.29, 1.82) is 0 Å². The van der Waals surface area contributed by atoms with Gasteiger partial charge in [-0.05, 0) is 43.6 Å². The zero-order chi connectivity index (χ0) is 17.4. The molecular formula is C15H18F3NO3S. The Hall–Kier alpha value is -1.38. The third-order valence-electron chi connectivity index (χ3n) is 3.88. The molecule has 1 unspecified atom stereocenters. The number of fused-ring (bicyclic) bond motifs is 1. The van der Waals surface area contributed by atoms with E-state index in [4.69, 9.17) is 0 Å². The Morgan fingerprint density at radius 1 is 1.26 bits per heavy atom. The fraction of sp³-hybridized carbons (Fsp3) is 0.467. The quantitative estimate of drug-likeness (QED) is 0.849. The summed E-state index contributed by atoms with van der Waals surface area (Å²) in [6.07, 6.45) is -4.98. The highest BCUT2D eigenvalue weighted by atomic mass is 32.2. The Kier molecular flexibility index (Phi) is 4.89. The van der Waals surface area contributed by atoms with Crippen molar-refractivity contribution in [3.63, 3.8) is 0 Å². The molecule has 0 fully saturated rings. The maximum Gasteiger partial charge on any atom is 0.395 e. The van der Waals surface area contributed by atoms with E-state index in [1.807, 2.05) is 0 Å². The molecule has 2 rings (SSSR count). The molecule has 0 radical (unpaired) electrons. The van der Waals surface area contributed by atoms with Gasteiger partial charge in [0.2, 0.25) is 0 Å². The van der Waals surface area contributed by atoms with Gasteiger partial charge in [0.15, 0.2) is 0 Å². The Bertz CT molecular complexity index is 724. The zero-order valence-corrected chi connectivity index (χ0v) is 13.6. The lowest BCUT2D eigenvalue weighted by molar-refractivity contribution is -0.164. The standard InChI is InChI=1S/C15H18F3NO3S/c1-19(2)8-7-12-13(15(16,17)18)9-10-5-3-4-6-11(10)14(12)23(20,21)22/h3-6,13H,7-9H2,1-2H3,(H,20,21,22). The molecule has 4 nitrogen and oxygen atoms in total. The van der Waals surface area contributed by atoms with Gasteiger partial charge in [-0.3, -0.25) is 4.55 Å². The number of benzene rings is 1. The van der Waals surface area contributed by atoms with E-state index in [0.717, 1.165) is 0 Å². The molecule has 0 aromatic heterocycles. The molecular weight excluding hydrogens is 331 g/mol. The highest BCUT2D eigenvalue weighted by Crippen LogP contribution is 2.45. The Labute approximate surface area is 133 Å². The number of halogens is 3. The van der Waals surface area contributed by atoms with Crippen LogP contribution in [0, 0.1) is 5.92 Å². The molecule has 1 aromatic carbocycles. The van der Waals surface area contributed by atoms with Crippen LogP contribution in [0.2, 0.25) is 0 Å². The van der Waals surface area contributed by atoms with Gasteiger partial charge in [-0.2, -0.15) is 21.6 Å². The Balaban J connectivity index is 2.70. The van der Waals surface area contributed by atoms with E-state index in [1.54, 1.807) is 31.1 Å². The second kappa shape index (κ2) is 6.26. The van der Waals surface area contributed by atoms with Crippen molar-refractivity contribution >= 4 is 15.0 Å². The minimum atomic E-state index is -4.77. The van der Waals surface area contributed by atoms with E-state index in [9.17, 15) is 26.1 Å². The number of rotatable bonds is 4. The molecule has 0 saturated heterocycles. The number of hydrogen-bond donors (Lipinski definition) is 1. The van der Waals surface area contributed by atoms with Gasteiger partial charge in [0.05, 0.1) is 5.92 Å². The minimum Gasteiger partial charge on any atom is -0.309 e. The van der Waals surface area contributed by atoms with Gasteiger partial charge < -0.3 is 4.90 Å². The SMILES string of the molecule is CN(C)CCC1=C(S(=O)(=O)O)c2ccccc2CC1C(F)(F)F. The highest BCUT2D eigenvalue weighted by molar-refractivity contribution is 7.95. The van der Waals surface area contributed by atoms with Crippen LogP contribution in [0.15, 0.2) is 29.8 Å². The minimum absolute atomic E-state index is 0.0827. The summed E-state index contributed by atoms with van der Waals surface area (Å²) in [5.41, 5.74) is 0.160. The number of hydrogen-bond acceptors (Lipinski definition) is 3. The molecule has 1 aliphatic rings. The largest absolute Gasteiger partial charge is 0.395 e. The van der Waals surface area contributed by atoms with Crippen molar-refractivity contribution in [3.05, 3.63) is 41.0 Å². The first-order valence-electron chi connectivity index (χ1n) is 7.02. The first kappa shape index (κ1) is 18.0. The molecule has 1 aromatic rings. The van der Waals surface area contributed by atoms with Crippen LogP contribution in [0.3, 0.4) is 0 Å². The van der Waals surface area contributed by atoms with Crippen molar-refractivity contribution < 1.29 is 26.1 Å². The second-order valence-electron chi connectivity index (χ2n) is 5.84. The fourth-order valence-corrected chi connectivity index (χ4v) is 3.90. The smallest absolute Gasteiger partial charge is 0.309 e. The van der Waals surface area contributed by atoms with E-state index >= 15 is 0 Å². The maximum absolute atomic E-state index is 13.4. The molecule has 1 atom stereocenters. The van der Waals surface area contributed by atoms with Crippen molar-refractivity contribution in [2.45, 2.75) is 19.0 Å². The van der Waals surface area contributed by atoms with Gasteiger partial charge in [-0.1, -0.05) is 24.3 Å². The molecule has 0 amide bonds. The summed E-state index contributed by atoms with van der Waals surface area (Å²) in [6, 6.07) is 5.99. The Morgan fingerprint density at radius 2 is 1.87 bits per heavy atom. The average Bonchev–Trinajstić information content (AvgIpc) is 2.41. The molecule has 128 valence electrons. The maximum atomic E-state index is 13.4. The summed E-state index contributed by atoms with van der Waals surface area (Å²) in [7, 11) is -1.39. The molecule has 0 heterocycles. The molecule has 1 N–H and O–H groups in total. The summed E-state index contributed by atoms with van der Waals surface area (Å²) >= 11 is 0. The van der Waals surface area contributed by atoms with Crippen LogP contribution < -0.4 is 0 Å². The van der Waals surface area contributed by atoms with Gasteiger partial charge >= 0.3 is 6.18 Å². The van der Waals surface area contributed by atoms with Gasteiger partial charge in [-0.15, -0.1) is 0 Å². The zero-order valence-electron chi connectivity index (χ0n) is 12.8. The van der Waals surface area contributed by atoms with Gasteiger partial charge in [0, 0.05) is 6.54 Å². The lowest BCUT2D eigenvalue weighted by Crippen LogP contribution is -2.33. The molecule has 8 heteroatoms. The van der Waals surface area contributed by atoms with Crippen molar-refractivity contribution in [2.24, 2.45) is 5.92 Å².